The van der Waals surface area contributed by atoms with Crippen LogP contribution in [0.25, 0.3) is 0 Å². The smallest absolute Gasteiger partial charge is 0.308 e. The van der Waals surface area contributed by atoms with Gasteiger partial charge in [0.2, 0.25) is 5.91 Å². The first-order chi connectivity index (χ1) is 8.56. The van der Waals surface area contributed by atoms with Gasteiger partial charge in [0.1, 0.15) is 0 Å². The Morgan fingerprint density at radius 1 is 1.33 bits per heavy atom. The molecule has 2 rings (SSSR count). The molecular formula is C14H23NO3. The predicted octanol–water partition coefficient (Wildman–Crippen LogP) is 2.14. The van der Waals surface area contributed by atoms with E-state index >= 15 is 0 Å². The highest BCUT2D eigenvalue weighted by Gasteiger charge is 2.34. The van der Waals surface area contributed by atoms with Crippen LogP contribution in [0.15, 0.2) is 0 Å². The van der Waals surface area contributed by atoms with Gasteiger partial charge < -0.3 is 10.0 Å². The Kier molecular flexibility index (Phi) is 4.25. The second-order valence-corrected chi connectivity index (χ2v) is 5.99. The van der Waals surface area contributed by atoms with Gasteiger partial charge >= 0.3 is 5.97 Å². The lowest BCUT2D eigenvalue weighted by molar-refractivity contribution is -0.141. The van der Waals surface area contributed by atoms with E-state index in [-0.39, 0.29) is 12.3 Å². The predicted molar refractivity (Wildman–Crippen MR) is 68.1 cm³/mol. The Morgan fingerprint density at radius 2 is 2.00 bits per heavy atom. The number of carbonyl (C=O) groups excluding carboxylic acids is 1. The van der Waals surface area contributed by atoms with Crippen LogP contribution in [0.3, 0.4) is 0 Å². The number of hydrogen-bond donors (Lipinski definition) is 1. The zero-order chi connectivity index (χ0) is 13.1. The molecule has 2 aliphatic rings. The second kappa shape index (κ2) is 5.72. The maximum Gasteiger partial charge on any atom is 0.308 e. The number of carbonyl (C=O) groups is 2. The first-order valence-corrected chi connectivity index (χ1v) is 7.07. The lowest BCUT2D eigenvalue weighted by Crippen LogP contribution is -2.29. The van der Waals surface area contributed by atoms with Crippen molar-refractivity contribution in [2.24, 2.45) is 17.8 Å². The van der Waals surface area contributed by atoms with Crippen LogP contribution in [0.2, 0.25) is 0 Å². The third-order valence-electron chi connectivity index (χ3n) is 4.51. The van der Waals surface area contributed by atoms with E-state index in [0.29, 0.717) is 6.54 Å². The van der Waals surface area contributed by atoms with Gasteiger partial charge in [-0.3, -0.25) is 9.59 Å². The molecule has 1 aliphatic carbocycles. The number of nitrogens with zero attached hydrogens (tertiary/aromatic N) is 1. The summed E-state index contributed by atoms with van der Waals surface area (Å²) in [6.07, 6.45) is 6.38. The van der Waals surface area contributed by atoms with Crippen LogP contribution in [0, 0.1) is 17.8 Å². The third kappa shape index (κ3) is 3.24. The summed E-state index contributed by atoms with van der Waals surface area (Å²) in [5.41, 5.74) is 0. The number of likely N-dealkylation sites (tertiary alicyclic amines) is 1. The Bertz CT molecular complexity index is 321. The van der Waals surface area contributed by atoms with Gasteiger partial charge in [-0.2, -0.15) is 0 Å². The molecule has 1 amide bonds. The molecule has 2 fully saturated rings. The molecule has 0 radical (unpaired) electrons. The normalized spacial score (nSPS) is 32.8. The van der Waals surface area contributed by atoms with E-state index in [4.69, 9.17) is 5.11 Å². The van der Waals surface area contributed by atoms with Gasteiger partial charge in [0.05, 0.1) is 5.92 Å². The summed E-state index contributed by atoms with van der Waals surface area (Å²) < 4.78 is 0. The van der Waals surface area contributed by atoms with Crippen molar-refractivity contribution in [1.82, 2.24) is 4.90 Å². The van der Waals surface area contributed by atoms with Crippen LogP contribution in [0.5, 0.6) is 0 Å². The molecule has 1 atom stereocenters. The molecule has 1 unspecified atom stereocenters. The number of hydrogen-bond acceptors (Lipinski definition) is 2. The Morgan fingerprint density at radius 3 is 2.56 bits per heavy atom. The molecule has 0 aromatic carbocycles. The topological polar surface area (TPSA) is 57.6 Å². The fourth-order valence-corrected chi connectivity index (χ4v) is 3.11. The van der Waals surface area contributed by atoms with Crippen LogP contribution in [0.4, 0.5) is 0 Å². The number of carboxylic acids is 1. The highest BCUT2D eigenvalue weighted by atomic mass is 16.4. The molecule has 1 saturated carbocycles. The molecule has 0 aromatic rings. The highest BCUT2D eigenvalue weighted by Crippen LogP contribution is 2.31. The van der Waals surface area contributed by atoms with Gasteiger partial charge in [-0.05, 0) is 18.3 Å². The van der Waals surface area contributed by atoms with E-state index in [1.807, 2.05) is 0 Å². The average molecular weight is 253 g/mol. The lowest BCUT2D eigenvalue weighted by Gasteiger charge is -2.27. The summed E-state index contributed by atoms with van der Waals surface area (Å²) in [5, 5.41) is 8.92. The zero-order valence-corrected chi connectivity index (χ0v) is 11.1. The molecule has 1 N–H and O–H groups in total. The zero-order valence-electron chi connectivity index (χ0n) is 11.1. The summed E-state index contributed by atoms with van der Waals surface area (Å²) in [5.74, 6) is 0.289. The Labute approximate surface area is 108 Å². The van der Waals surface area contributed by atoms with Crippen molar-refractivity contribution in [2.75, 3.05) is 13.1 Å². The molecule has 1 saturated heterocycles. The van der Waals surface area contributed by atoms with Crippen LogP contribution in [-0.2, 0) is 9.59 Å². The molecule has 102 valence electrons. The first kappa shape index (κ1) is 13.4. The fourth-order valence-electron chi connectivity index (χ4n) is 3.11. The van der Waals surface area contributed by atoms with Gasteiger partial charge in [0.25, 0.3) is 0 Å². The quantitative estimate of drug-likeness (QED) is 0.835. The Balaban J connectivity index is 1.74. The summed E-state index contributed by atoms with van der Waals surface area (Å²) >= 11 is 0. The van der Waals surface area contributed by atoms with Crippen molar-refractivity contribution in [1.29, 1.82) is 0 Å². The first-order valence-electron chi connectivity index (χ1n) is 7.07. The molecular weight excluding hydrogens is 230 g/mol. The standard InChI is InChI=1S/C14H23NO3/c1-10-2-4-11(5-3-10)6-7-15-9-12(14(17)18)8-13(15)16/h10-12H,2-9H2,1H3,(H,17,18). The van der Waals surface area contributed by atoms with Crippen molar-refractivity contribution >= 4 is 11.9 Å². The minimum atomic E-state index is -0.836. The van der Waals surface area contributed by atoms with E-state index in [1.165, 1.54) is 25.7 Å². The molecule has 0 bridgehead atoms. The van der Waals surface area contributed by atoms with E-state index in [0.717, 1.165) is 24.8 Å². The minimum Gasteiger partial charge on any atom is -0.481 e. The van der Waals surface area contributed by atoms with Gasteiger partial charge in [-0.15, -0.1) is 0 Å². The lowest BCUT2D eigenvalue weighted by atomic mass is 9.81. The van der Waals surface area contributed by atoms with Crippen LogP contribution in [0.1, 0.15) is 45.4 Å². The monoisotopic (exact) mass is 253 g/mol. The maximum absolute atomic E-state index is 11.7. The largest absolute Gasteiger partial charge is 0.481 e. The van der Waals surface area contributed by atoms with Gasteiger partial charge in [0, 0.05) is 19.5 Å². The van der Waals surface area contributed by atoms with Crippen molar-refractivity contribution in [3.05, 3.63) is 0 Å². The van der Waals surface area contributed by atoms with Crippen LogP contribution in [-0.4, -0.2) is 35.0 Å². The minimum absolute atomic E-state index is 0.0200. The fraction of sp³-hybridized carbons (Fsp3) is 0.857. The van der Waals surface area contributed by atoms with Gasteiger partial charge in [-0.1, -0.05) is 32.6 Å². The summed E-state index contributed by atoms with van der Waals surface area (Å²) in [4.78, 5) is 24.3. The third-order valence-corrected chi connectivity index (χ3v) is 4.51. The van der Waals surface area contributed by atoms with Crippen LogP contribution >= 0.6 is 0 Å². The van der Waals surface area contributed by atoms with E-state index < -0.39 is 11.9 Å². The number of rotatable bonds is 4. The molecule has 0 aromatic heterocycles. The number of carboxylic acid groups (broad SMARTS) is 1. The molecule has 0 spiro atoms. The van der Waals surface area contributed by atoms with E-state index in [9.17, 15) is 9.59 Å². The number of aliphatic carboxylic acids is 1. The van der Waals surface area contributed by atoms with E-state index in [1.54, 1.807) is 4.90 Å². The summed E-state index contributed by atoms with van der Waals surface area (Å²) in [7, 11) is 0. The van der Waals surface area contributed by atoms with Gasteiger partial charge in [0.15, 0.2) is 0 Å². The van der Waals surface area contributed by atoms with Crippen molar-refractivity contribution in [3.8, 4) is 0 Å². The SMILES string of the molecule is CC1CCC(CCN2CC(C(=O)O)CC2=O)CC1. The summed E-state index contributed by atoms with van der Waals surface area (Å²) in [6.45, 7) is 3.47. The molecule has 4 heteroatoms. The number of amides is 1. The maximum atomic E-state index is 11.7. The van der Waals surface area contributed by atoms with Crippen LogP contribution < -0.4 is 0 Å². The van der Waals surface area contributed by atoms with E-state index in [2.05, 4.69) is 6.92 Å². The Hall–Kier alpha value is -1.06. The van der Waals surface area contributed by atoms with Crippen molar-refractivity contribution in [2.45, 2.75) is 45.4 Å². The highest BCUT2D eigenvalue weighted by molar-refractivity contribution is 5.86. The van der Waals surface area contributed by atoms with Gasteiger partial charge in [-0.25, -0.2) is 0 Å². The van der Waals surface area contributed by atoms with Crippen molar-refractivity contribution in [3.63, 3.8) is 0 Å². The molecule has 4 nitrogen and oxygen atoms in total. The average Bonchev–Trinajstić information content (AvgIpc) is 2.70. The molecule has 18 heavy (non-hydrogen) atoms. The summed E-state index contributed by atoms with van der Waals surface area (Å²) in [6, 6.07) is 0. The molecule has 1 heterocycles. The molecule has 1 aliphatic heterocycles. The second-order valence-electron chi connectivity index (χ2n) is 5.99. The van der Waals surface area contributed by atoms with Crippen molar-refractivity contribution < 1.29 is 14.7 Å².